The second-order valence-corrected chi connectivity index (χ2v) is 18.5. The van der Waals surface area contributed by atoms with Crippen molar-refractivity contribution in [1.29, 1.82) is 0 Å². The molecule has 0 amide bonds. The normalized spacial score (nSPS) is 11.3. The SMILES string of the molecule is c1ccc(-c2ccc(-c3c4cc(N(c5ccccc5)c5cccc6ccccc56)ccc4c(N(c4ccccc4)c4ccccc4)c4cc(N(c5ccccc5)c5cccc6ccccc56)ccc34)cc2)cc1. The van der Waals surface area contributed by atoms with Gasteiger partial charge in [-0.05, 0) is 129 Å². The lowest BCUT2D eigenvalue weighted by Crippen LogP contribution is -2.13. The van der Waals surface area contributed by atoms with Crippen molar-refractivity contribution in [2.45, 2.75) is 0 Å². The number of fused-ring (bicyclic) bond motifs is 4. The number of anilines is 9. The van der Waals surface area contributed by atoms with Crippen LogP contribution in [-0.4, -0.2) is 0 Å². The summed E-state index contributed by atoms with van der Waals surface area (Å²) in [5, 5.41) is 9.31. The molecule has 3 nitrogen and oxygen atoms in total. The summed E-state index contributed by atoms with van der Waals surface area (Å²) in [5.41, 5.74) is 14.4. The number of hydrogen-bond acceptors (Lipinski definition) is 3. The van der Waals surface area contributed by atoms with Gasteiger partial charge in [0.2, 0.25) is 0 Å². The minimum atomic E-state index is 1.06. The molecule has 0 heterocycles. The molecule has 0 fully saturated rings. The predicted octanol–water partition coefficient (Wildman–Crippen LogP) is 20.0. The van der Waals surface area contributed by atoms with Crippen molar-refractivity contribution in [3.8, 4) is 22.3 Å². The van der Waals surface area contributed by atoms with Gasteiger partial charge in [-0.15, -0.1) is 0 Å². The zero-order valence-corrected chi connectivity index (χ0v) is 40.1. The Morgan fingerprint density at radius 1 is 0.192 bits per heavy atom. The van der Waals surface area contributed by atoms with Gasteiger partial charge in [0.25, 0.3) is 0 Å². The Labute approximate surface area is 426 Å². The van der Waals surface area contributed by atoms with Crippen LogP contribution in [0.25, 0.3) is 65.3 Å². The molecule has 13 aromatic rings. The van der Waals surface area contributed by atoms with Crippen LogP contribution >= 0.6 is 0 Å². The van der Waals surface area contributed by atoms with Gasteiger partial charge in [-0.3, -0.25) is 0 Å². The van der Waals surface area contributed by atoms with Crippen molar-refractivity contribution in [2.75, 3.05) is 14.7 Å². The van der Waals surface area contributed by atoms with Crippen LogP contribution in [0.5, 0.6) is 0 Å². The van der Waals surface area contributed by atoms with Crippen LogP contribution in [0.1, 0.15) is 0 Å². The number of hydrogen-bond donors (Lipinski definition) is 0. The zero-order chi connectivity index (χ0) is 48.5. The quantitative estimate of drug-likeness (QED) is 0.120. The van der Waals surface area contributed by atoms with E-state index in [-0.39, 0.29) is 0 Å². The third kappa shape index (κ3) is 8.00. The van der Waals surface area contributed by atoms with Crippen LogP contribution in [0.3, 0.4) is 0 Å². The van der Waals surface area contributed by atoms with E-state index in [0.717, 1.165) is 78.3 Å². The molecule has 0 aliphatic heterocycles. The Balaban J connectivity index is 1.16. The van der Waals surface area contributed by atoms with Gasteiger partial charge in [-0.25, -0.2) is 0 Å². The number of para-hydroxylation sites is 4. The van der Waals surface area contributed by atoms with Gasteiger partial charge in [-0.1, -0.05) is 212 Å². The van der Waals surface area contributed by atoms with E-state index in [1.807, 2.05) is 0 Å². The topological polar surface area (TPSA) is 9.72 Å². The average Bonchev–Trinajstić information content (AvgIpc) is 3.47. The molecule has 344 valence electrons. The standard InChI is InChI=1S/C70H49N3/c1-6-22-50(23-7-1)51-40-42-54(43-41-51)69-63-46-44-60(72(56-30-10-3-11-31-56)68-39-21-27-53-25-17-19-37-62(53)68)49-66(63)70(73(57-32-12-4-13-33-57)58-34-14-5-15-35-58)64-47-45-59(48-65(64)69)71(55-28-8-2-9-29-55)67-38-20-26-52-24-16-18-36-61(52)67/h1-49H. The number of benzene rings is 13. The molecule has 3 heteroatoms. The van der Waals surface area contributed by atoms with Gasteiger partial charge < -0.3 is 14.7 Å². The third-order valence-corrected chi connectivity index (χ3v) is 14.1. The van der Waals surface area contributed by atoms with Crippen LogP contribution < -0.4 is 14.7 Å². The summed E-state index contributed by atoms with van der Waals surface area (Å²) in [7, 11) is 0. The van der Waals surface area contributed by atoms with Gasteiger partial charge in [0.15, 0.2) is 0 Å². The van der Waals surface area contributed by atoms with E-state index in [4.69, 9.17) is 0 Å². The van der Waals surface area contributed by atoms with Crippen LogP contribution in [0.2, 0.25) is 0 Å². The summed E-state index contributed by atoms with van der Waals surface area (Å²) in [6.07, 6.45) is 0. The Morgan fingerprint density at radius 2 is 0.562 bits per heavy atom. The fourth-order valence-electron chi connectivity index (χ4n) is 10.8. The highest BCUT2D eigenvalue weighted by molar-refractivity contribution is 6.24. The second kappa shape index (κ2) is 18.9. The lowest BCUT2D eigenvalue weighted by atomic mass is 9.88. The molecule has 0 aliphatic rings. The molecule has 13 aromatic carbocycles. The van der Waals surface area contributed by atoms with Crippen LogP contribution in [0.15, 0.2) is 297 Å². The minimum Gasteiger partial charge on any atom is -0.310 e. The minimum absolute atomic E-state index is 1.06. The van der Waals surface area contributed by atoms with E-state index in [1.54, 1.807) is 0 Å². The van der Waals surface area contributed by atoms with Crippen LogP contribution in [0, 0.1) is 0 Å². The zero-order valence-electron chi connectivity index (χ0n) is 40.1. The molecule has 0 spiro atoms. The van der Waals surface area contributed by atoms with Crippen molar-refractivity contribution in [1.82, 2.24) is 0 Å². The molecule has 0 saturated heterocycles. The monoisotopic (exact) mass is 931 g/mol. The predicted molar refractivity (Wildman–Crippen MR) is 311 cm³/mol. The summed E-state index contributed by atoms with van der Waals surface area (Å²) in [6, 6.07) is 108. The van der Waals surface area contributed by atoms with E-state index in [1.165, 1.54) is 38.2 Å². The molecule has 0 radical (unpaired) electrons. The van der Waals surface area contributed by atoms with Gasteiger partial charge in [0, 0.05) is 55.7 Å². The summed E-state index contributed by atoms with van der Waals surface area (Å²) in [6.45, 7) is 0. The second-order valence-electron chi connectivity index (χ2n) is 18.5. The fraction of sp³-hybridized carbons (Fsp3) is 0. The Hall–Kier alpha value is -9.70. The van der Waals surface area contributed by atoms with Crippen LogP contribution in [-0.2, 0) is 0 Å². The molecule has 0 atom stereocenters. The maximum atomic E-state index is 2.46. The average molecular weight is 932 g/mol. The number of rotatable bonds is 11. The Kier molecular flexibility index (Phi) is 11.2. The maximum absolute atomic E-state index is 2.46. The van der Waals surface area contributed by atoms with E-state index >= 15 is 0 Å². The Morgan fingerprint density at radius 3 is 1.05 bits per heavy atom. The highest BCUT2D eigenvalue weighted by Crippen LogP contribution is 2.52. The first-order chi connectivity index (χ1) is 36.2. The smallest absolute Gasteiger partial charge is 0.0619 e. The van der Waals surface area contributed by atoms with E-state index in [0.29, 0.717) is 0 Å². The van der Waals surface area contributed by atoms with Crippen molar-refractivity contribution >= 4 is 94.3 Å². The van der Waals surface area contributed by atoms with Crippen molar-refractivity contribution in [3.05, 3.63) is 297 Å². The van der Waals surface area contributed by atoms with E-state index in [2.05, 4.69) is 312 Å². The molecule has 0 unspecified atom stereocenters. The first kappa shape index (κ1) is 43.3. The summed E-state index contributed by atoms with van der Waals surface area (Å²) < 4.78 is 0. The van der Waals surface area contributed by atoms with Gasteiger partial charge >= 0.3 is 0 Å². The van der Waals surface area contributed by atoms with Crippen LogP contribution in [0.4, 0.5) is 51.2 Å². The van der Waals surface area contributed by atoms with Gasteiger partial charge in [-0.2, -0.15) is 0 Å². The molecule has 0 aromatic heterocycles. The molecule has 0 N–H and O–H groups in total. The molecular formula is C70H49N3. The molecule has 73 heavy (non-hydrogen) atoms. The maximum Gasteiger partial charge on any atom is 0.0619 e. The Bertz CT molecular complexity index is 4020. The lowest BCUT2D eigenvalue weighted by Gasteiger charge is -2.32. The summed E-state index contributed by atoms with van der Waals surface area (Å²) in [4.78, 5) is 7.30. The van der Waals surface area contributed by atoms with E-state index in [9.17, 15) is 0 Å². The first-order valence-electron chi connectivity index (χ1n) is 25.0. The number of nitrogens with zero attached hydrogens (tertiary/aromatic N) is 3. The molecule has 0 bridgehead atoms. The van der Waals surface area contributed by atoms with Gasteiger partial charge in [0.1, 0.15) is 0 Å². The fourth-order valence-corrected chi connectivity index (χ4v) is 10.8. The first-order valence-corrected chi connectivity index (χ1v) is 25.0. The van der Waals surface area contributed by atoms with E-state index < -0.39 is 0 Å². The summed E-state index contributed by atoms with van der Waals surface area (Å²) >= 11 is 0. The molecular weight excluding hydrogens is 883 g/mol. The molecule has 13 rings (SSSR count). The third-order valence-electron chi connectivity index (χ3n) is 14.1. The highest BCUT2D eigenvalue weighted by atomic mass is 15.2. The van der Waals surface area contributed by atoms with Gasteiger partial charge in [0.05, 0.1) is 17.1 Å². The van der Waals surface area contributed by atoms with Crippen molar-refractivity contribution in [3.63, 3.8) is 0 Å². The molecule has 0 saturated carbocycles. The lowest BCUT2D eigenvalue weighted by molar-refractivity contribution is 1.29. The highest BCUT2D eigenvalue weighted by Gasteiger charge is 2.26. The molecule has 0 aliphatic carbocycles. The summed E-state index contributed by atoms with van der Waals surface area (Å²) in [5.74, 6) is 0. The largest absolute Gasteiger partial charge is 0.310 e. The van der Waals surface area contributed by atoms with Crippen molar-refractivity contribution < 1.29 is 0 Å². The van der Waals surface area contributed by atoms with Crippen molar-refractivity contribution in [2.24, 2.45) is 0 Å².